The highest BCUT2D eigenvalue weighted by atomic mass is 16.4. The maximum absolute atomic E-state index is 11.4. The molecule has 14 heavy (non-hydrogen) atoms. The second kappa shape index (κ2) is 3.33. The molecule has 0 aromatic carbocycles. The van der Waals surface area contributed by atoms with Crippen LogP contribution in [0.2, 0.25) is 0 Å². The van der Waals surface area contributed by atoms with Crippen LogP contribution in [0.5, 0.6) is 0 Å². The van der Waals surface area contributed by atoms with Gasteiger partial charge in [0.15, 0.2) is 0 Å². The number of fused-ring (bicyclic) bond motifs is 1. The summed E-state index contributed by atoms with van der Waals surface area (Å²) in [5.74, 6) is 0. The molecule has 0 unspecified atom stereocenters. The van der Waals surface area contributed by atoms with E-state index in [1.807, 2.05) is 18.2 Å². The lowest BCUT2D eigenvalue weighted by Gasteiger charge is -1.89. The Labute approximate surface area is 79.9 Å². The molecule has 0 amide bonds. The minimum atomic E-state index is -0.246. The topological polar surface area (TPSA) is 65.5 Å². The van der Waals surface area contributed by atoms with Gasteiger partial charge in [0.25, 0.3) is 5.56 Å². The Morgan fingerprint density at radius 1 is 1.29 bits per heavy atom. The predicted octanol–water partition coefficient (Wildman–Crippen LogP) is 1.29. The zero-order valence-electron chi connectivity index (χ0n) is 7.27. The lowest BCUT2D eigenvalue weighted by molar-refractivity contribution is 0.322. The zero-order chi connectivity index (χ0) is 9.97. The molecule has 0 atom stereocenters. The second-order valence-corrected chi connectivity index (χ2v) is 2.85. The van der Waals surface area contributed by atoms with Gasteiger partial charge >= 0.3 is 0 Å². The van der Waals surface area contributed by atoms with Crippen LogP contribution in [0, 0.1) is 0 Å². The van der Waals surface area contributed by atoms with E-state index in [0.717, 1.165) is 17.5 Å². The Bertz CT molecular complexity index is 502. The highest BCUT2D eigenvalue weighted by Gasteiger charge is 2.10. The average molecular weight is 188 g/mol. The summed E-state index contributed by atoms with van der Waals surface area (Å²) in [6, 6.07) is 9.11. The fraction of sp³-hybridized carbons (Fsp3) is 0. The van der Waals surface area contributed by atoms with Crippen LogP contribution in [0.15, 0.2) is 40.3 Å². The summed E-state index contributed by atoms with van der Waals surface area (Å²) >= 11 is 0. The Kier molecular flexibility index (Phi) is 2.02. The normalized spacial score (nSPS) is 11.1. The molecule has 1 aliphatic carbocycles. The van der Waals surface area contributed by atoms with E-state index in [1.54, 1.807) is 12.1 Å². The molecule has 0 fully saturated rings. The molecule has 1 heterocycles. The fourth-order valence-corrected chi connectivity index (χ4v) is 1.39. The lowest BCUT2D eigenvalue weighted by Crippen LogP contribution is -2.03. The first-order valence-corrected chi connectivity index (χ1v) is 4.11. The van der Waals surface area contributed by atoms with Gasteiger partial charge in [0.05, 0.1) is 11.8 Å². The van der Waals surface area contributed by atoms with E-state index in [0.29, 0.717) is 5.56 Å². The first-order chi connectivity index (χ1) is 6.83. The van der Waals surface area contributed by atoms with E-state index in [1.165, 1.54) is 0 Å². The van der Waals surface area contributed by atoms with Crippen molar-refractivity contribution < 1.29 is 5.21 Å². The van der Waals surface area contributed by atoms with Crippen molar-refractivity contribution in [1.82, 2.24) is 4.98 Å². The SMILES string of the molecule is O=c1[nH]c2cccccc-2c1/C=N/O. The minimum Gasteiger partial charge on any atom is -0.411 e. The highest BCUT2D eigenvalue weighted by molar-refractivity contribution is 5.89. The fourth-order valence-electron chi connectivity index (χ4n) is 1.39. The van der Waals surface area contributed by atoms with Gasteiger partial charge < -0.3 is 10.2 Å². The van der Waals surface area contributed by atoms with Crippen LogP contribution < -0.4 is 5.56 Å². The number of aromatic nitrogens is 1. The number of hydrogen-bond acceptors (Lipinski definition) is 3. The minimum absolute atomic E-state index is 0.246. The van der Waals surface area contributed by atoms with Gasteiger partial charge in [-0.1, -0.05) is 29.4 Å². The first-order valence-electron chi connectivity index (χ1n) is 4.11. The molecular formula is C10H8N2O2. The number of nitrogens with one attached hydrogen (secondary N) is 1. The number of aromatic amines is 1. The van der Waals surface area contributed by atoms with Crippen molar-refractivity contribution >= 4 is 6.21 Å². The third kappa shape index (κ3) is 1.26. The van der Waals surface area contributed by atoms with E-state index in [-0.39, 0.29) is 5.56 Å². The van der Waals surface area contributed by atoms with Crippen molar-refractivity contribution in [2.45, 2.75) is 0 Å². The smallest absolute Gasteiger partial charge is 0.258 e. The largest absolute Gasteiger partial charge is 0.411 e. The molecule has 1 aliphatic heterocycles. The Balaban J connectivity index is 2.77. The molecule has 0 saturated carbocycles. The number of rotatable bonds is 1. The summed E-state index contributed by atoms with van der Waals surface area (Å²) in [7, 11) is 0. The third-order valence-electron chi connectivity index (χ3n) is 2.01. The van der Waals surface area contributed by atoms with Gasteiger partial charge in [0.1, 0.15) is 0 Å². The average Bonchev–Trinajstić information content (AvgIpc) is 2.39. The van der Waals surface area contributed by atoms with Crippen molar-refractivity contribution in [3.8, 4) is 11.3 Å². The van der Waals surface area contributed by atoms with Crippen molar-refractivity contribution in [3.63, 3.8) is 0 Å². The van der Waals surface area contributed by atoms with Crippen molar-refractivity contribution in [2.24, 2.45) is 5.16 Å². The monoisotopic (exact) mass is 188 g/mol. The summed E-state index contributed by atoms with van der Waals surface area (Å²) in [6.45, 7) is 0. The van der Waals surface area contributed by atoms with E-state index in [9.17, 15) is 4.79 Å². The third-order valence-corrected chi connectivity index (χ3v) is 2.01. The highest BCUT2D eigenvalue weighted by Crippen LogP contribution is 2.18. The number of H-pyrrole nitrogens is 1. The van der Waals surface area contributed by atoms with Crippen LogP contribution in [-0.4, -0.2) is 16.4 Å². The lowest BCUT2D eigenvalue weighted by atomic mass is 10.1. The molecule has 4 heteroatoms. The molecule has 2 rings (SSSR count). The summed E-state index contributed by atoms with van der Waals surface area (Å²) in [6.07, 6.45) is 1.14. The molecule has 0 spiro atoms. The predicted molar refractivity (Wildman–Crippen MR) is 53.1 cm³/mol. The number of oxime groups is 1. The van der Waals surface area contributed by atoms with Crippen molar-refractivity contribution in [2.75, 3.05) is 0 Å². The molecule has 0 aromatic rings. The number of nitrogens with zero attached hydrogens (tertiary/aromatic N) is 1. The summed E-state index contributed by atoms with van der Waals surface area (Å²) < 4.78 is 0. The van der Waals surface area contributed by atoms with Crippen LogP contribution in [0.1, 0.15) is 5.56 Å². The Morgan fingerprint density at radius 2 is 2.07 bits per heavy atom. The van der Waals surface area contributed by atoms with Crippen LogP contribution in [0.25, 0.3) is 11.3 Å². The van der Waals surface area contributed by atoms with Crippen molar-refractivity contribution in [3.05, 3.63) is 46.2 Å². The maximum atomic E-state index is 11.4. The maximum Gasteiger partial charge on any atom is 0.258 e. The van der Waals surface area contributed by atoms with E-state index in [2.05, 4.69) is 10.1 Å². The quantitative estimate of drug-likeness (QED) is 0.402. The molecular weight excluding hydrogens is 180 g/mol. The molecule has 2 aliphatic rings. The molecule has 0 aromatic heterocycles. The van der Waals surface area contributed by atoms with Crippen LogP contribution >= 0.6 is 0 Å². The van der Waals surface area contributed by atoms with E-state index < -0.39 is 0 Å². The van der Waals surface area contributed by atoms with Gasteiger partial charge in [-0.3, -0.25) is 4.79 Å². The van der Waals surface area contributed by atoms with Crippen LogP contribution in [0.4, 0.5) is 0 Å². The van der Waals surface area contributed by atoms with Crippen LogP contribution in [-0.2, 0) is 0 Å². The van der Waals surface area contributed by atoms with Gasteiger partial charge in [-0.25, -0.2) is 0 Å². The Hall–Kier alpha value is -2.10. The second-order valence-electron chi connectivity index (χ2n) is 2.85. The van der Waals surface area contributed by atoms with Gasteiger partial charge in [-0.15, -0.1) is 0 Å². The zero-order valence-corrected chi connectivity index (χ0v) is 7.27. The first kappa shape index (κ1) is 8.50. The molecule has 2 N–H and O–H groups in total. The van der Waals surface area contributed by atoms with Crippen LogP contribution in [0.3, 0.4) is 0 Å². The van der Waals surface area contributed by atoms with E-state index >= 15 is 0 Å². The summed E-state index contributed by atoms with van der Waals surface area (Å²) in [5, 5.41) is 11.3. The van der Waals surface area contributed by atoms with Gasteiger partial charge in [-0.05, 0) is 6.07 Å². The standard InChI is InChI=1S/C10H8N2O2/c13-10-8(6-11-14)7-4-2-1-3-5-9(7)12-10/h1-6,14H,(H,12,13)/b11-6+. The summed E-state index contributed by atoms with van der Waals surface area (Å²) in [4.78, 5) is 14.0. The molecule has 0 saturated heterocycles. The molecule has 0 bridgehead atoms. The molecule has 70 valence electrons. The van der Waals surface area contributed by atoms with Gasteiger partial charge in [0.2, 0.25) is 0 Å². The van der Waals surface area contributed by atoms with Gasteiger partial charge in [0, 0.05) is 11.3 Å². The number of hydrogen-bond donors (Lipinski definition) is 2. The van der Waals surface area contributed by atoms with Crippen molar-refractivity contribution in [1.29, 1.82) is 0 Å². The molecule has 0 radical (unpaired) electrons. The summed E-state index contributed by atoms with van der Waals surface area (Å²) in [5.41, 5.74) is 1.61. The molecule has 4 nitrogen and oxygen atoms in total. The van der Waals surface area contributed by atoms with E-state index in [4.69, 9.17) is 5.21 Å². The van der Waals surface area contributed by atoms with Gasteiger partial charge in [-0.2, -0.15) is 0 Å². The Morgan fingerprint density at radius 3 is 2.86 bits per heavy atom.